The summed E-state index contributed by atoms with van der Waals surface area (Å²) in [6.45, 7) is 11.0. The zero-order valence-electron chi connectivity index (χ0n) is 14.2. The molecule has 0 heterocycles. The minimum absolute atomic E-state index is 0.893. The quantitative estimate of drug-likeness (QED) is 0.528. The zero-order valence-corrected chi connectivity index (χ0v) is 15.8. The van der Waals surface area contributed by atoms with Gasteiger partial charge in [-0.2, -0.15) is 0 Å². The van der Waals surface area contributed by atoms with Crippen molar-refractivity contribution in [2.45, 2.75) is 38.9 Å². The monoisotopic (exact) mass is 366 g/mol. The molecule has 0 spiro atoms. The summed E-state index contributed by atoms with van der Waals surface area (Å²) in [5, 5.41) is 0.893. The van der Waals surface area contributed by atoms with Crippen LogP contribution in [0.2, 0.25) is 0 Å². The Balaban J connectivity index is 2.01. The number of fused-ring (bicyclic) bond motifs is 1. The third kappa shape index (κ3) is 3.21. The summed E-state index contributed by atoms with van der Waals surface area (Å²) in [6, 6.07) is 11.3. The van der Waals surface area contributed by atoms with E-state index in [9.17, 15) is 0 Å². The second-order valence-electron chi connectivity index (χ2n) is 6.56. The molecule has 0 aliphatic heterocycles. The standard InChI is InChI=1S/C22H23Br/c1-14-5-6-18(9-15(14)2)11-20-7-8-21-16(3)10-19(13-23)12-22(21)17(20)4/h5-6,9-12H,4,7-8,13H2,1-3H3/b20-11+. The van der Waals surface area contributed by atoms with E-state index in [4.69, 9.17) is 0 Å². The van der Waals surface area contributed by atoms with Crippen LogP contribution >= 0.6 is 15.9 Å². The van der Waals surface area contributed by atoms with Crippen LogP contribution in [0.3, 0.4) is 0 Å². The normalized spacial score (nSPS) is 15.8. The van der Waals surface area contributed by atoms with Gasteiger partial charge in [0.05, 0.1) is 0 Å². The Labute approximate surface area is 148 Å². The van der Waals surface area contributed by atoms with Gasteiger partial charge in [0.15, 0.2) is 0 Å². The van der Waals surface area contributed by atoms with Crippen molar-refractivity contribution in [1.82, 2.24) is 0 Å². The number of hydrogen-bond acceptors (Lipinski definition) is 0. The van der Waals surface area contributed by atoms with E-state index in [0.29, 0.717) is 0 Å². The molecular weight excluding hydrogens is 344 g/mol. The van der Waals surface area contributed by atoms with Crippen molar-refractivity contribution >= 4 is 27.6 Å². The van der Waals surface area contributed by atoms with Crippen molar-refractivity contribution in [3.63, 3.8) is 0 Å². The van der Waals surface area contributed by atoms with Gasteiger partial charge in [-0.15, -0.1) is 0 Å². The molecule has 0 radical (unpaired) electrons. The van der Waals surface area contributed by atoms with E-state index in [1.807, 2.05) is 0 Å². The fraction of sp³-hybridized carbons (Fsp3) is 0.273. The Morgan fingerprint density at radius 1 is 1.00 bits per heavy atom. The lowest BCUT2D eigenvalue weighted by atomic mass is 9.81. The minimum Gasteiger partial charge on any atom is -0.0909 e. The summed E-state index contributed by atoms with van der Waals surface area (Å²) in [5.41, 5.74) is 12.1. The van der Waals surface area contributed by atoms with Crippen molar-refractivity contribution in [1.29, 1.82) is 0 Å². The summed E-state index contributed by atoms with van der Waals surface area (Å²) in [4.78, 5) is 0. The van der Waals surface area contributed by atoms with E-state index in [1.54, 1.807) is 0 Å². The predicted octanol–water partition coefficient (Wildman–Crippen LogP) is 6.55. The number of alkyl halides is 1. The van der Waals surface area contributed by atoms with Gasteiger partial charge in [0, 0.05) is 5.33 Å². The maximum Gasteiger partial charge on any atom is 0.0283 e. The Bertz CT molecular complexity index is 809. The Hall–Kier alpha value is -1.60. The molecule has 0 N–H and O–H groups in total. The van der Waals surface area contributed by atoms with Gasteiger partial charge in [-0.25, -0.2) is 0 Å². The van der Waals surface area contributed by atoms with E-state index < -0.39 is 0 Å². The maximum absolute atomic E-state index is 4.41. The van der Waals surface area contributed by atoms with Crippen molar-refractivity contribution in [3.8, 4) is 0 Å². The maximum atomic E-state index is 4.41. The van der Waals surface area contributed by atoms with Crippen molar-refractivity contribution in [2.24, 2.45) is 0 Å². The van der Waals surface area contributed by atoms with Crippen LogP contribution in [0, 0.1) is 20.8 Å². The van der Waals surface area contributed by atoms with Gasteiger partial charge in [0.2, 0.25) is 0 Å². The van der Waals surface area contributed by atoms with Crippen molar-refractivity contribution in [3.05, 3.63) is 81.4 Å². The second kappa shape index (κ2) is 6.49. The van der Waals surface area contributed by atoms with E-state index in [1.165, 1.54) is 50.1 Å². The summed E-state index contributed by atoms with van der Waals surface area (Å²) >= 11 is 3.58. The van der Waals surface area contributed by atoms with Crippen LogP contribution in [0.15, 0.2) is 42.5 Å². The van der Waals surface area contributed by atoms with Crippen LogP contribution in [0.1, 0.15) is 45.4 Å². The Morgan fingerprint density at radius 2 is 1.78 bits per heavy atom. The number of benzene rings is 2. The fourth-order valence-electron chi connectivity index (χ4n) is 3.37. The molecule has 0 saturated carbocycles. The van der Waals surface area contributed by atoms with Crippen LogP contribution in [0.25, 0.3) is 11.6 Å². The molecule has 1 aliphatic rings. The average molecular weight is 367 g/mol. The van der Waals surface area contributed by atoms with Gasteiger partial charge in [0.25, 0.3) is 0 Å². The molecule has 0 amide bonds. The van der Waals surface area contributed by atoms with Gasteiger partial charge in [0.1, 0.15) is 0 Å². The smallest absolute Gasteiger partial charge is 0.0283 e. The molecule has 3 rings (SSSR count). The molecule has 0 nitrogen and oxygen atoms in total. The third-order valence-corrected chi connectivity index (χ3v) is 5.56. The summed E-state index contributed by atoms with van der Waals surface area (Å²) < 4.78 is 0. The molecule has 2 aromatic carbocycles. The van der Waals surface area contributed by atoms with Gasteiger partial charge in [-0.3, -0.25) is 0 Å². The predicted molar refractivity (Wildman–Crippen MR) is 105 cm³/mol. The molecular formula is C22H23Br. The van der Waals surface area contributed by atoms with Gasteiger partial charge in [-0.05, 0) is 83.7 Å². The molecule has 0 unspecified atom stereocenters. The molecule has 0 saturated heterocycles. The molecule has 118 valence electrons. The van der Waals surface area contributed by atoms with E-state index in [-0.39, 0.29) is 0 Å². The first-order valence-electron chi connectivity index (χ1n) is 8.15. The molecule has 1 heteroatoms. The highest BCUT2D eigenvalue weighted by atomic mass is 79.9. The van der Waals surface area contributed by atoms with Crippen LogP contribution < -0.4 is 0 Å². The number of allylic oxidation sites excluding steroid dienone is 2. The summed E-state index contributed by atoms with van der Waals surface area (Å²) in [7, 11) is 0. The van der Waals surface area contributed by atoms with Crippen molar-refractivity contribution in [2.75, 3.05) is 0 Å². The lowest BCUT2D eigenvalue weighted by molar-refractivity contribution is 0.931. The van der Waals surface area contributed by atoms with Crippen LogP contribution in [-0.2, 0) is 11.8 Å². The fourth-order valence-corrected chi connectivity index (χ4v) is 3.69. The Kier molecular flexibility index (Phi) is 4.59. The lowest BCUT2D eigenvalue weighted by Gasteiger charge is -2.24. The van der Waals surface area contributed by atoms with E-state index >= 15 is 0 Å². The van der Waals surface area contributed by atoms with Crippen LogP contribution in [0.5, 0.6) is 0 Å². The number of rotatable bonds is 2. The first-order chi connectivity index (χ1) is 11.0. The lowest BCUT2D eigenvalue weighted by Crippen LogP contribution is -2.07. The summed E-state index contributed by atoms with van der Waals surface area (Å²) in [6.07, 6.45) is 4.50. The van der Waals surface area contributed by atoms with Crippen LogP contribution in [0.4, 0.5) is 0 Å². The zero-order chi connectivity index (χ0) is 16.6. The highest BCUT2D eigenvalue weighted by molar-refractivity contribution is 9.08. The third-order valence-electron chi connectivity index (χ3n) is 4.92. The van der Waals surface area contributed by atoms with E-state index in [2.05, 4.69) is 79.7 Å². The first kappa shape index (κ1) is 16.3. The highest BCUT2D eigenvalue weighted by Crippen LogP contribution is 2.37. The number of aryl methyl sites for hydroxylation is 3. The van der Waals surface area contributed by atoms with Gasteiger partial charge >= 0.3 is 0 Å². The number of halogens is 1. The molecule has 0 aromatic heterocycles. The molecule has 0 bridgehead atoms. The van der Waals surface area contributed by atoms with Crippen LogP contribution in [-0.4, -0.2) is 0 Å². The average Bonchev–Trinajstić information content (AvgIpc) is 2.53. The molecule has 1 aliphatic carbocycles. The largest absolute Gasteiger partial charge is 0.0909 e. The molecule has 0 atom stereocenters. The SMILES string of the molecule is C=C1/C(=C/c2ccc(C)c(C)c2)CCc2c(C)cc(CBr)cc21. The number of hydrogen-bond donors (Lipinski definition) is 0. The Morgan fingerprint density at radius 3 is 2.48 bits per heavy atom. The van der Waals surface area contributed by atoms with Crippen molar-refractivity contribution < 1.29 is 0 Å². The van der Waals surface area contributed by atoms with E-state index in [0.717, 1.165) is 18.2 Å². The van der Waals surface area contributed by atoms with Gasteiger partial charge < -0.3 is 0 Å². The first-order valence-corrected chi connectivity index (χ1v) is 9.27. The molecule has 2 aromatic rings. The minimum atomic E-state index is 0.893. The molecule has 0 fully saturated rings. The highest BCUT2D eigenvalue weighted by Gasteiger charge is 2.19. The van der Waals surface area contributed by atoms with Gasteiger partial charge in [-0.1, -0.05) is 58.9 Å². The topological polar surface area (TPSA) is 0 Å². The second-order valence-corrected chi connectivity index (χ2v) is 7.13. The molecule has 23 heavy (non-hydrogen) atoms. The summed E-state index contributed by atoms with van der Waals surface area (Å²) in [5.74, 6) is 0.